The lowest BCUT2D eigenvalue weighted by Gasteiger charge is -2.23. The highest BCUT2D eigenvalue weighted by molar-refractivity contribution is 7.92. The van der Waals surface area contributed by atoms with Crippen molar-refractivity contribution in [3.05, 3.63) is 28.8 Å². The van der Waals surface area contributed by atoms with Crippen molar-refractivity contribution in [2.45, 2.75) is 13.1 Å². The quantitative estimate of drug-likeness (QED) is 0.813. The van der Waals surface area contributed by atoms with E-state index in [1.165, 1.54) is 0 Å². The summed E-state index contributed by atoms with van der Waals surface area (Å²) in [5.41, 5.74) is -1.35. The van der Waals surface area contributed by atoms with Crippen LogP contribution < -0.4 is 9.62 Å². The monoisotopic (exact) mass is 388 g/mol. The maximum Gasteiger partial charge on any atom is 0.417 e. The number of halogens is 4. The predicted molar refractivity (Wildman–Crippen MR) is 83.7 cm³/mol. The number of ether oxygens (including phenoxy) is 1. The van der Waals surface area contributed by atoms with Crippen molar-refractivity contribution in [3.8, 4) is 0 Å². The second-order valence-corrected chi connectivity index (χ2v) is 6.96. The Labute approximate surface area is 142 Å². The van der Waals surface area contributed by atoms with Gasteiger partial charge in [-0.3, -0.25) is 4.31 Å². The molecule has 0 heterocycles. The van der Waals surface area contributed by atoms with E-state index in [1.54, 1.807) is 6.92 Å². The fourth-order valence-corrected chi connectivity index (χ4v) is 2.96. The number of amides is 1. The molecule has 0 aromatic heterocycles. The molecule has 1 aromatic carbocycles. The zero-order valence-corrected chi connectivity index (χ0v) is 14.4. The third-order valence-electron chi connectivity index (χ3n) is 2.80. The summed E-state index contributed by atoms with van der Waals surface area (Å²) in [5, 5.41) is 1.76. The highest BCUT2D eigenvalue weighted by Gasteiger charge is 2.34. The minimum atomic E-state index is -4.72. The van der Waals surface area contributed by atoms with Gasteiger partial charge in [-0.05, 0) is 25.1 Å². The Balaban J connectivity index is 3.04. The normalized spacial score (nSPS) is 11.9. The van der Waals surface area contributed by atoms with E-state index in [2.05, 4.69) is 10.1 Å². The summed E-state index contributed by atoms with van der Waals surface area (Å²) in [6.07, 6.45) is -4.63. The van der Waals surface area contributed by atoms with Crippen LogP contribution in [0.25, 0.3) is 0 Å². The number of nitrogens with one attached hydrogen (secondary N) is 1. The predicted octanol–water partition coefficient (Wildman–Crippen LogP) is 2.87. The number of sulfonamides is 1. The lowest BCUT2D eigenvalue weighted by molar-refractivity contribution is -0.137. The van der Waals surface area contributed by atoms with E-state index in [0.717, 1.165) is 22.7 Å². The van der Waals surface area contributed by atoms with E-state index in [0.29, 0.717) is 6.07 Å². The molecular weight excluding hydrogens is 373 g/mol. The number of benzene rings is 1. The summed E-state index contributed by atoms with van der Waals surface area (Å²) >= 11 is 5.52. The van der Waals surface area contributed by atoms with Crippen LogP contribution in [-0.2, 0) is 20.9 Å². The Morgan fingerprint density at radius 3 is 2.50 bits per heavy atom. The fraction of sp³-hybridized carbons (Fsp3) is 0.462. The summed E-state index contributed by atoms with van der Waals surface area (Å²) in [4.78, 5) is 11.2. The molecule has 11 heteroatoms. The summed E-state index contributed by atoms with van der Waals surface area (Å²) in [7, 11) is -3.87. The third kappa shape index (κ3) is 5.75. The van der Waals surface area contributed by atoms with Gasteiger partial charge in [-0.25, -0.2) is 13.2 Å². The molecule has 0 saturated heterocycles. The van der Waals surface area contributed by atoms with Crippen LogP contribution in [0.2, 0.25) is 5.02 Å². The van der Waals surface area contributed by atoms with Crippen molar-refractivity contribution in [2.75, 3.05) is 30.3 Å². The van der Waals surface area contributed by atoms with Gasteiger partial charge in [0.2, 0.25) is 10.0 Å². The number of alkyl halides is 3. The number of nitrogens with zero attached hydrogens (tertiary/aromatic N) is 1. The summed E-state index contributed by atoms with van der Waals surface area (Å²) in [6, 6.07) is 2.77. The summed E-state index contributed by atoms with van der Waals surface area (Å²) in [5.74, 6) is 0. The maximum absolute atomic E-state index is 12.9. The van der Waals surface area contributed by atoms with Crippen molar-refractivity contribution >= 4 is 33.4 Å². The van der Waals surface area contributed by atoms with E-state index in [9.17, 15) is 26.4 Å². The number of carbonyl (C=O) groups excluding carboxylic acids is 1. The van der Waals surface area contributed by atoms with E-state index in [1.807, 2.05) is 0 Å². The largest absolute Gasteiger partial charge is 0.450 e. The van der Waals surface area contributed by atoms with Gasteiger partial charge in [0.05, 0.1) is 35.7 Å². The van der Waals surface area contributed by atoms with Crippen LogP contribution in [0, 0.1) is 0 Å². The molecule has 0 unspecified atom stereocenters. The Kier molecular flexibility index (Phi) is 6.73. The number of alkyl carbamates (subject to hydrolysis) is 1. The average Bonchev–Trinajstić information content (AvgIpc) is 2.42. The average molecular weight is 389 g/mol. The minimum absolute atomic E-state index is 0.133. The Hall–Kier alpha value is -1.68. The molecule has 0 atom stereocenters. The molecule has 1 rings (SSSR count). The van der Waals surface area contributed by atoms with Crippen LogP contribution in [0.15, 0.2) is 18.2 Å². The molecule has 0 radical (unpaired) electrons. The lowest BCUT2D eigenvalue weighted by atomic mass is 10.2. The van der Waals surface area contributed by atoms with Gasteiger partial charge < -0.3 is 10.1 Å². The minimum Gasteiger partial charge on any atom is -0.450 e. The van der Waals surface area contributed by atoms with Gasteiger partial charge in [0.1, 0.15) is 0 Å². The first kappa shape index (κ1) is 20.4. The number of anilines is 1. The Morgan fingerprint density at radius 1 is 1.38 bits per heavy atom. The van der Waals surface area contributed by atoms with Gasteiger partial charge in [-0.15, -0.1) is 0 Å². The molecule has 0 aliphatic carbocycles. The molecule has 0 spiro atoms. The Bertz CT molecular complexity index is 695. The third-order valence-corrected chi connectivity index (χ3v) is 4.33. The molecule has 0 saturated carbocycles. The van der Waals surface area contributed by atoms with Crippen LogP contribution in [0.4, 0.5) is 23.7 Å². The van der Waals surface area contributed by atoms with Crippen molar-refractivity contribution < 1.29 is 31.1 Å². The summed E-state index contributed by atoms with van der Waals surface area (Å²) in [6.45, 7) is 1.31. The van der Waals surface area contributed by atoms with Gasteiger partial charge in [-0.2, -0.15) is 13.2 Å². The van der Waals surface area contributed by atoms with Gasteiger partial charge in [0.15, 0.2) is 0 Å². The standard InChI is InChI=1S/C13H16ClF3N2O4S/c1-3-23-12(20)18-6-7-19(24(2,21)22)9-4-5-11(14)10(8-9)13(15,16)17/h4-5,8H,3,6-7H2,1-2H3,(H,18,20). The highest BCUT2D eigenvalue weighted by atomic mass is 35.5. The van der Waals surface area contributed by atoms with E-state index in [4.69, 9.17) is 11.6 Å². The topological polar surface area (TPSA) is 75.7 Å². The van der Waals surface area contributed by atoms with Crippen LogP contribution >= 0.6 is 11.6 Å². The summed E-state index contributed by atoms with van der Waals surface area (Å²) < 4.78 is 67.8. The van der Waals surface area contributed by atoms with Crippen molar-refractivity contribution in [3.63, 3.8) is 0 Å². The maximum atomic E-state index is 12.9. The van der Waals surface area contributed by atoms with Crippen molar-refractivity contribution in [1.29, 1.82) is 0 Å². The van der Waals surface area contributed by atoms with Gasteiger partial charge in [0, 0.05) is 6.54 Å². The number of hydrogen-bond donors (Lipinski definition) is 1. The molecule has 0 bridgehead atoms. The van der Waals surface area contributed by atoms with E-state index in [-0.39, 0.29) is 25.4 Å². The first-order chi connectivity index (χ1) is 11.0. The number of carbonyl (C=O) groups is 1. The molecule has 24 heavy (non-hydrogen) atoms. The molecule has 0 aliphatic heterocycles. The molecule has 136 valence electrons. The zero-order chi connectivity index (χ0) is 18.5. The molecule has 6 nitrogen and oxygen atoms in total. The van der Waals surface area contributed by atoms with E-state index >= 15 is 0 Å². The second kappa shape index (κ2) is 7.93. The molecular formula is C13H16ClF3N2O4S. The van der Waals surface area contributed by atoms with Gasteiger partial charge >= 0.3 is 12.3 Å². The smallest absolute Gasteiger partial charge is 0.417 e. The van der Waals surface area contributed by atoms with Crippen LogP contribution in [0.5, 0.6) is 0 Å². The fourth-order valence-electron chi connectivity index (χ4n) is 1.81. The molecule has 1 amide bonds. The molecule has 0 aliphatic rings. The lowest BCUT2D eigenvalue weighted by Crippen LogP contribution is -2.38. The van der Waals surface area contributed by atoms with Crippen LogP contribution in [-0.4, -0.2) is 40.5 Å². The second-order valence-electron chi connectivity index (χ2n) is 4.64. The molecule has 1 aromatic rings. The zero-order valence-electron chi connectivity index (χ0n) is 12.9. The van der Waals surface area contributed by atoms with Crippen molar-refractivity contribution in [1.82, 2.24) is 5.32 Å². The first-order valence-electron chi connectivity index (χ1n) is 6.72. The van der Waals surface area contributed by atoms with Gasteiger partial charge in [0.25, 0.3) is 0 Å². The number of rotatable bonds is 6. The van der Waals surface area contributed by atoms with Crippen LogP contribution in [0.3, 0.4) is 0 Å². The SMILES string of the molecule is CCOC(=O)NCCN(c1ccc(Cl)c(C(F)(F)F)c1)S(C)(=O)=O. The van der Waals surface area contributed by atoms with Crippen LogP contribution in [0.1, 0.15) is 12.5 Å². The first-order valence-corrected chi connectivity index (χ1v) is 8.94. The Morgan fingerprint density at radius 2 is 2.00 bits per heavy atom. The molecule has 1 N–H and O–H groups in total. The van der Waals surface area contributed by atoms with E-state index < -0.39 is 32.9 Å². The molecule has 0 fully saturated rings. The van der Waals surface area contributed by atoms with Crippen molar-refractivity contribution in [2.24, 2.45) is 0 Å². The number of hydrogen-bond acceptors (Lipinski definition) is 4. The highest BCUT2D eigenvalue weighted by Crippen LogP contribution is 2.37. The van der Waals surface area contributed by atoms with Gasteiger partial charge in [-0.1, -0.05) is 11.6 Å².